The molecular weight excluding hydrogens is 508 g/mol. The molecule has 0 bridgehead atoms. The van der Waals surface area contributed by atoms with Crippen molar-refractivity contribution in [3.63, 3.8) is 0 Å². The summed E-state index contributed by atoms with van der Waals surface area (Å²) in [6, 6.07) is 14.3. The van der Waals surface area contributed by atoms with Crippen LogP contribution in [0.25, 0.3) is 0 Å². The third-order valence-corrected chi connectivity index (χ3v) is 4.83. The van der Waals surface area contributed by atoms with Crippen molar-refractivity contribution in [2.45, 2.75) is 12.5 Å². The standard InChI is InChI=1S/C23H32FN5O.HI/c1-25-23(27-16-21(28(2)3)18-9-7-11-20(24)15-18)26-13-12-17-8-6-10-19(14-17)22(30)29(4)5;/h6-11,14-15,21H,12-13,16H2,1-5H3,(H2,25,26,27);1H. The van der Waals surface area contributed by atoms with Crippen LogP contribution in [0.15, 0.2) is 53.5 Å². The summed E-state index contributed by atoms with van der Waals surface area (Å²) in [5.74, 6) is 0.435. The molecular formula is C23H33FIN5O. The quantitative estimate of drug-likeness (QED) is 0.307. The van der Waals surface area contributed by atoms with Gasteiger partial charge in [0, 0.05) is 39.8 Å². The van der Waals surface area contributed by atoms with Gasteiger partial charge in [-0.1, -0.05) is 24.3 Å². The van der Waals surface area contributed by atoms with Crippen molar-refractivity contribution < 1.29 is 9.18 Å². The van der Waals surface area contributed by atoms with Gasteiger partial charge in [-0.25, -0.2) is 4.39 Å². The lowest BCUT2D eigenvalue weighted by Gasteiger charge is -2.26. The number of carbonyl (C=O) groups excluding carboxylic acids is 1. The van der Waals surface area contributed by atoms with Crippen LogP contribution in [0.3, 0.4) is 0 Å². The van der Waals surface area contributed by atoms with Gasteiger partial charge in [-0.3, -0.25) is 9.79 Å². The number of hydrogen-bond acceptors (Lipinski definition) is 3. The predicted octanol–water partition coefficient (Wildman–Crippen LogP) is 3.16. The fraction of sp³-hybridized carbons (Fsp3) is 0.391. The summed E-state index contributed by atoms with van der Waals surface area (Å²) >= 11 is 0. The number of nitrogens with one attached hydrogen (secondary N) is 2. The van der Waals surface area contributed by atoms with Crippen molar-refractivity contribution in [3.05, 3.63) is 71.0 Å². The SMILES string of the molecule is CN=C(NCCc1cccc(C(=O)N(C)C)c1)NCC(c1cccc(F)c1)N(C)C.I. The summed E-state index contributed by atoms with van der Waals surface area (Å²) in [5, 5.41) is 6.61. The lowest BCUT2D eigenvalue weighted by Crippen LogP contribution is -2.42. The molecule has 1 unspecified atom stereocenters. The molecule has 31 heavy (non-hydrogen) atoms. The number of guanidine groups is 1. The molecule has 170 valence electrons. The minimum atomic E-state index is -0.239. The van der Waals surface area contributed by atoms with Crippen LogP contribution >= 0.6 is 24.0 Å². The minimum Gasteiger partial charge on any atom is -0.356 e. The van der Waals surface area contributed by atoms with Crippen LogP contribution in [0.5, 0.6) is 0 Å². The summed E-state index contributed by atoms with van der Waals surface area (Å²) in [6.07, 6.45) is 0.760. The highest BCUT2D eigenvalue weighted by atomic mass is 127. The molecule has 0 heterocycles. The van der Waals surface area contributed by atoms with E-state index in [2.05, 4.69) is 15.6 Å². The van der Waals surface area contributed by atoms with Crippen LogP contribution in [0.1, 0.15) is 27.5 Å². The monoisotopic (exact) mass is 541 g/mol. The second-order valence-electron chi connectivity index (χ2n) is 7.56. The maximum absolute atomic E-state index is 13.6. The van der Waals surface area contributed by atoms with Crippen molar-refractivity contribution >= 4 is 35.8 Å². The molecule has 0 saturated carbocycles. The summed E-state index contributed by atoms with van der Waals surface area (Å²) in [7, 11) is 9.15. The Morgan fingerprint density at radius 3 is 2.39 bits per heavy atom. The van der Waals surface area contributed by atoms with Gasteiger partial charge in [0.2, 0.25) is 0 Å². The Balaban J connectivity index is 0.00000480. The van der Waals surface area contributed by atoms with Gasteiger partial charge in [-0.15, -0.1) is 24.0 Å². The number of aliphatic imine (C=N–C) groups is 1. The minimum absolute atomic E-state index is 0. The smallest absolute Gasteiger partial charge is 0.253 e. The van der Waals surface area contributed by atoms with Gasteiger partial charge in [0.05, 0.1) is 6.04 Å². The fourth-order valence-corrected chi connectivity index (χ4v) is 3.17. The highest BCUT2D eigenvalue weighted by molar-refractivity contribution is 14.0. The number of carbonyl (C=O) groups is 1. The van der Waals surface area contributed by atoms with Crippen LogP contribution in [0.4, 0.5) is 4.39 Å². The van der Waals surface area contributed by atoms with E-state index < -0.39 is 0 Å². The number of halogens is 2. The van der Waals surface area contributed by atoms with Crippen LogP contribution in [0, 0.1) is 5.82 Å². The third-order valence-electron chi connectivity index (χ3n) is 4.83. The van der Waals surface area contributed by atoms with E-state index in [1.807, 2.05) is 49.3 Å². The summed E-state index contributed by atoms with van der Waals surface area (Å²) in [5.41, 5.74) is 2.67. The topological polar surface area (TPSA) is 60.0 Å². The van der Waals surface area contributed by atoms with E-state index >= 15 is 0 Å². The van der Waals surface area contributed by atoms with Gasteiger partial charge in [0.15, 0.2) is 5.96 Å². The highest BCUT2D eigenvalue weighted by Gasteiger charge is 2.15. The Hall–Kier alpha value is -2.20. The molecule has 0 spiro atoms. The maximum atomic E-state index is 13.6. The van der Waals surface area contributed by atoms with Crippen molar-refractivity contribution in [1.82, 2.24) is 20.4 Å². The van der Waals surface area contributed by atoms with Gasteiger partial charge >= 0.3 is 0 Å². The zero-order valence-corrected chi connectivity index (χ0v) is 21.2. The number of benzene rings is 2. The number of likely N-dealkylation sites (N-methyl/N-ethyl adjacent to an activating group) is 1. The number of rotatable bonds is 8. The Morgan fingerprint density at radius 1 is 1.06 bits per heavy atom. The molecule has 0 aliphatic rings. The van der Waals surface area contributed by atoms with E-state index in [0.29, 0.717) is 24.6 Å². The second-order valence-corrected chi connectivity index (χ2v) is 7.56. The highest BCUT2D eigenvalue weighted by Crippen LogP contribution is 2.18. The van der Waals surface area contributed by atoms with Crippen molar-refractivity contribution in [2.75, 3.05) is 48.3 Å². The molecule has 8 heteroatoms. The van der Waals surface area contributed by atoms with Crippen LogP contribution in [-0.4, -0.2) is 70.0 Å². The first-order valence-corrected chi connectivity index (χ1v) is 9.98. The van der Waals surface area contributed by atoms with Gasteiger partial charge in [-0.2, -0.15) is 0 Å². The summed E-state index contributed by atoms with van der Waals surface area (Å²) in [6.45, 7) is 1.26. The van der Waals surface area contributed by atoms with E-state index in [-0.39, 0.29) is 41.7 Å². The van der Waals surface area contributed by atoms with Gasteiger partial charge < -0.3 is 20.4 Å². The lowest BCUT2D eigenvalue weighted by molar-refractivity contribution is 0.0827. The molecule has 0 saturated heterocycles. The second kappa shape index (κ2) is 13.3. The molecule has 2 rings (SSSR count). The number of nitrogens with zero attached hydrogens (tertiary/aromatic N) is 3. The Labute approximate surface area is 201 Å². The van der Waals surface area contributed by atoms with Crippen LogP contribution < -0.4 is 10.6 Å². The molecule has 0 aliphatic heterocycles. The molecule has 2 N–H and O–H groups in total. The molecule has 6 nitrogen and oxygen atoms in total. The normalized spacial score (nSPS) is 12.2. The summed E-state index contributed by atoms with van der Waals surface area (Å²) < 4.78 is 13.6. The molecule has 1 amide bonds. The average molecular weight is 541 g/mol. The van der Waals surface area contributed by atoms with Gasteiger partial charge in [0.1, 0.15) is 5.82 Å². The lowest BCUT2D eigenvalue weighted by atomic mass is 10.1. The fourth-order valence-electron chi connectivity index (χ4n) is 3.17. The number of hydrogen-bond donors (Lipinski definition) is 2. The molecule has 0 radical (unpaired) electrons. The first-order valence-electron chi connectivity index (χ1n) is 9.98. The molecule has 2 aromatic carbocycles. The van der Waals surface area contributed by atoms with Gasteiger partial charge in [0.25, 0.3) is 5.91 Å². The molecule has 0 aromatic heterocycles. The van der Waals surface area contributed by atoms with E-state index in [9.17, 15) is 9.18 Å². The predicted molar refractivity (Wildman–Crippen MR) is 136 cm³/mol. The largest absolute Gasteiger partial charge is 0.356 e. The van der Waals surface area contributed by atoms with Crippen molar-refractivity contribution in [2.24, 2.45) is 4.99 Å². The average Bonchev–Trinajstić information content (AvgIpc) is 2.72. The van der Waals surface area contributed by atoms with E-state index in [1.54, 1.807) is 38.2 Å². The van der Waals surface area contributed by atoms with Crippen LogP contribution in [-0.2, 0) is 6.42 Å². The first-order chi connectivity index (χ1) is 14.3. The summed E-state index contributed by atoms with van der Waals surface area (Å²) in [4.78, 5) is 20.0. The zero-order chi connectivity index (χ0) is 22.1. The first kappa shape index (κ1) is 26.8. The Bertz CT molecular complexity index is 873. The van der Waals surface area contributed by atoms with E-state index in [1.165, 1.54) is 6.07 Å². The third kappa shape index (κ3) is 8.45. The van der Waals surface area contributed by atoms with Crippen LogP contribution in [0.2, 0.25) is 0 Å². The van der Waals surface area contributed by atoms with E-state index in [4.69, 9.17) is 0 Å². The zero-order valence-electron chi connectivity index (χ0n) is 18.9. The number of amides is 1. The van der Waals surface area contributed by atoms with Crippen molar-refractivity contribution in [1.29, 1.82) is 0 Å². The molecule has 0 aliphatic carbocycles. The van der Waals surface area contributed by atoms with E-state index in [0.717, 1.165) is 17.5 Å². The maximum Gasteiger partial charge on any atom is 0.253 e. The molecule has 2 aromatic rings. The molecule has 0 fully saturated rings. The van der Waals surface area contributed by atoms with Gasteiger partial charge in [-0.05, 0) is 55.9 Å². The Morgan fingerprint density at radius 2 is 1.77 bits per heavy atom. The Kier molecular flexibility index (Phi) is 11.5. The van der Waals surface area contributed by atoms with Crippen molar-refractivity contribution in [3.8, 4) is 0 Å². The molecule has 1 atom stereocenters.